The molecule has 0 saturated heterocycles. The van der Waals surface area contributed by atoms with Crippen molar-refractivity contribution in [3.05, 3.63) is 29.8 Å². The van der Waals surface area contributed by atoms with Gasteiger partial charge in [0.1, 0.15) is 0 Å². The summed E-state index contributed by atoms with van der Waals surface area (Å²) in [6.45, 7) is 3.64. The zero-order valence-corrected chi connectivity index (χ0v) is 12.4. The summed E-state index contributed by atoms with van der Waals surface area (Å²) >= 11 is 0. The summed E-state index contributed by atoms with van der Waals surface area (Å²) < 4.78 is 26.0. The van der Waals surface area contributed by atoms with Crippen molar-refractivity contribution in [2.45, 2.75) is 30.7 Å². The second-order valence-electron chi connectivity index (χ2n) is 5.13. The van der Waals surface area contributed by atoms with Gasteiger partial charge in [0.2, 0.25) is 10.0 Å². The Hall–Kier alpha value is -0.950. The van der Waals surface area contributed by atoms with Crippen molar-refractivity contribution in [3.8, 4) is 0 Å². The van der Waals surface area contributed by atoms with E-state index in [1.54, 1.807) is 38.1 Å². The first-order valence-corrected chi connectivity index (χ1v) is 7.58. The molecule has 6 heteroatoms. The van der Waals surface area contributed by atoms with Gasteiger partial charge in [0.15, 0.2) is 0 Å². The van der Waals surface area contributed by atoms with Crippen LogP contribution >= 0.6 is 0 Å². The second-order valence-corrected chi connectivity index (χ2v) is 7.09. The summed E-state index contributed by atoms with van der Waals surface area (Å²) in [6, 6.07) is 6.67. The number of rotatable bonds is 6. The van der Waals surface area contributed by atoms with Crippen molar-refractivity contribution in [1.29, 1.82) is 0 Å². The van der Waals surface area contributed by atoms with E-state index in [0.29, 0.717) is 6.54 Å². The average Bonchev–Trinajstić information content (AvgIpc) is 2.39. The van der Waals surface area contributed by atoms with Crippen LogP contribution in [0.1, 0.15) is 19.4 Å². The van der Waals surface area contributed by atoms with Gasteiger partial charge in [-0.3, -0.25) is 0 Å². The van der Waals surface area contributed by atoms with Crippen molar-refractivity contribution in [3.63, 3.8) is 0 Å². The lowest BCUT2D eigenvalue weighted by Crippen LogP contribution is -2.47. The van der Waals surface area contributed by atoms with Gasteiger partial charge < -0.3 is 10.8 Å². The van der Waals surface area contributed by atoms with Crippen LogP contribution in [0.3, 0.4) is 0 Å². The van der Waals surface area contributed by atoms with E-state index in [-0.39, 0.29) is 11.5 Å². The summed E-state index contributed by atoms with van der Waals surface area (Å²) in [5.41, 5.74) is 5.62. The lowest BCUT2D eigenvalue weighted by Gasteiger charge is -2.32. The van der Waals surface area contributed by atoms with E-state index in [4.69, 9.17) is 5.73 Å². The number of hydrogen-bond acceptors (Lipinski definition) is 4. The molecule has 0 heterocycles. The Bertz CT molecular complexity index is 509. The standard InChI is InChI=1S/C13H22N2O3S/c1-13(2,10-16)15(3)19(17,18)12-6-4-11(5-7-12)8-9-14/h4-7,16H,8-10,14H2,1-3H3. The van der Waals surface area contributed by atoms with E-state index in [9.17, 15) is 13.5 Å². The molecule has 0 bridgehead atoms. The highest BCUT2D eigenvalue weighted by atomic mass is 32.2. The number of likely N-dealkylation sites (N-methyl/N-ethyl adjacent to an activating group) is 1. The van der Waals surface area contributed by atoms with Gasteiger partial charge in [0.25, 0.3) is 0 Å². The van der Waals surface area contributed by atoms with Crippen LogP contribution in [-0.2, 0) is 16.4 Å². The van der Waals surface area contributed by atoms with Gasteiger partial charge in [-0.1, -0.05) is 12.1 Å². The van der Waals surface area contributed by atoms with E-state index in [1.807, 2.05) is 0 Å². The van der Waals surface area contributed by atoms with Crippen LogP contribution in [-0.4, -0.2) is 43.6 Å². The van der Waals surface area contributed by atoms with E-state index >= 15 is 0 Å². The van der Waals surface area contributed by atoms with Crippen molar-refractivity contribution >= 4 is 10.0 Å². The first-order valence-electron chi connectivity index (χ1n) is 6.14. The van der Waals surface area contributed by atoms with Crippen LogP contribution < -0.4 is 5.73 Å². The predicted molar refractivity (Wildman–Crippen MR) is 75.3 cm³/mol. The lowest BCUT2D eigenvalue weighted by atomic mass is 10.1. The first-order chi connectivity index (χ1) is 8.75. The number of benzene rings is 1. The molecular formula is C13H22N2O3S. The fourth-order valence-corrected chi connectivity index (χ4v) is 3.08. The summed E-state index contributed by atoms with van der Waals surface area (Å²) in [4.78, 5) is 0.220. The average molecular weight is 286 g/mol. The number of nitrogens with two attached hydrogens (primary N) is 1. The van der Waals surface area contributed by atoms with Crippen LogP contribution in [0.5, 0.6) is 0 Å². The fraction of sp³-hybridized carbons (Fsp3) is 0.538. The summed E-state index contributed by atoms with van der Waals surface area (Å²) in [5.74, 6) is 0. The van der Waals surface area contributed by atoms with Gasteiger partial charge >= 0.3 is 0 Å². The predicted octanol–water partition coefficient (Wildman–Crippen LogP) is 0.579. The smallest absolute Gasteiger partial charge is 0.243 e. The van der Waals surface area contributed by atoms with E-state index in [1.165, 1.54) is 11.4 Å². The van der Waals surface area contributed by atoms with Crippen LogP contribution in [0.25, 0.3) is 0 Å². The molecule has 0 unspecified atom stereocenters. The highest BCUT2D eigenvalue weighted by Gasteiger charge is 2.33. The third-order valence-electron chi connectivity index (χ3n) is 3.25. The molecule has 0 aliphatic heterocycles. The van der Waals surface area contributed by atoms with Crippen molar-refractivity contribution < 1.29 is 13.5 Å². The third kappa shape index (κ3) is 3.54. The Morgan fingerprint density at radius 2 is 1.79 bits per heavy atom. The number of hydrogen-bond donors (Lipinski definition) is 2. The zero-order chi connectivity index (χ0) is 14.7. The molecule has 0 aliphatic carbocycles. The van der Waals surface area contributed by atoms with E-state index in [2.05, 4.69) is 0 Å². The third-order valence-corrected chi connectivity index (χ3v) is 5.34. The molecule has 0 aromatic heterocycles. The Kier molecular flexibility index (Phi) is 5.09. The van der Waals surface area contributed by atoms with Gasteiger partial charge in [-0.25, -0.2) is 8.42 Å². The summed E-state index contributed by atoms with van der Waals surface area (Å²) in [5, 5.41) is 9.27. The van der Waals surface area contributed by atoms with E-state index in [0.717, 1.165) is 12.0 Å². The lowest BCUT2D eigenvalue weighted by molar-refractivity contribution is 0.138. The van der Waals surface area contributed by atoms with Crippen LogP contribution in [0.4, 0.5) is 0 Å². The van der Waals surface area contributed by atoms with Crippen LogP contribution in [0, 0.1) is 0 Å². The molecule has 1 aromatic carbocycles. The fourth-order valence-electron chi connectivity index (χ4n) is 1.58. The maximum absolute atomic E-state index is 12.4. The van der Waals surface area contributed by atoms with Crippen molar-refractivity contribution in [1.82, 2.24) is 4.31 Å². The molecule has 0 aliphatic rings. The number of aliphatic hydroxyl groups is 1. The molecule has 5 nitrogen and oxygen atoms in total. The molecule has 1 rings (SSSR count). The van der Waals surface area contributed by atoms with Gasteiger partial charge in [0.05, 0.1) is 17.0 Å². The highest BCUT2D eigenvalue weighted by Crippen LogP contribution is 2.22. The van der Waals surface area contributed by atoms with Gasteiger partial charge in [-0.2, -0.15) is 4.31 Å². The first kappa shape index (κ1) is 16.1. The van der Waals surface area contributed by atoms with Crippen molar-refractivity contribution in [2.24, 2.45) is 5.73 Å². The number of aliphatic hydroxyl groups excluding tert-OH is 1. The number of nitrogens with zero attached hydrogens (tertiary/aromatic N) is 1. The quantitative estimate of drug-likeness (QED) is 0.801. The molecule has 0 fully saturated rings. The molecule has 0 saturated carbocycles. The highest BCUT2D eigenvalue weighted by molar-refractivity contribution is 7.89. The minimum absolute atomic E-state index is 0.220. The van der Waals surface area contributed by atoms with Crippen LogP contribution in [0.2, 0.25) is 0 Å². The van der Waals surface area contributed by atoms with E-state index < -0.39 is 15.6 Å². The maximum Gasteiger partial charge on any atom is 0.243 e. The molecule has 0 radical (unpaired) electrons. The molecule has 1 aromatic rings. The Balaban J connectivity index is 3.07. The minimum Gasteiger partial charge on any atom is -0.394 e. The van der Waals surface area contributed by atoms with Crippen molar-refractivity contribution in [2.75, 3.05) is 20.2 Å². The molecule has 19 heavy (non-hydrogen) atoms. The zero-order valence-electron chi connectivity index (χ0n) is 11.6. The molecule has 108 valence electrons. The maximum atomic E-state index is 12.4. The topological polar surface area (TPSA) is 83.6 Å². The second kappa shape index (κ2) is 6.00. The molecule has 0 spiro atoms. The Morgan fingerprint density at radius 1 is 1.26 bits per heavy atom. The molecule has 0 amide bonds. The van der Waals surface area contributed by atoms with Gasteiger partial charge in [0, 0.05) is 7.05 Å². The summed E-state index contributed by atoms with van der Waals surface area (Å²) in [7, 11) is -2.13. The van der Waals surface area contributed by atoms with Crippen LogP contribution in [0.15, 0.2) is 29.2 Å². The molecular weight excluding hydrogens is 264 g/mol. The summed E-state index contributed by atoms with van der Waals surface area (Å²) in [6.07, 6.45) is 0.721. The molecule has 3 N–H and O–H groups in total. The molecule has 0 atom stereocenters. The largest absolute Gasteiger partial charge is 0.394 e. The normalized spacial score (nSPS) is 12.9. The Labute approximate surface area is 115 Å². The van der Waals surface area contributed by atoms with Gasteiger partial charge in [-0.05, 0) is 44.5 Å². The monoisotopic (exact) mass is 286 g/mol. The number of sulfonamides is 1. The minimum atomic E-state index is -3.60. The van der Waals surface area contributed by atoms with Gasteiger partial charge in [-0.15, -0.1) is 0 Å². The SMILES string of the molecule is CN(C(C)(C)CO)S(=O)(=O)c1ccc(CCN)cc1. The Morgan fingerprint density at radius 3 is 2.21 bits per heavy atom.